The number of rotatable bonds is 9. The molecule has 3 aliphatic rings. The lowest BCUT2D eigenvalue weighted by Crippen LogP contribution is -2.56. The number of fused-ring (bicyclic) bond motifs is 3. The molecule has 0 spiro atoms. The molecule has 1 heterocycles. The topological polar surface area (TPSA) is 282 Å². The van der Waals surface area contributed by atoms with Crippen molar-refractivity contribution >= 4 is 29.1 Å². The van der Waals surface area contributed by atoms with Gasteiger partial charge in [-0.15, -0.1) is 0 Å². The van der Waals surface area contributed by atoms with Crippen molar-refractivity contribution in [2.45, 2.75) is 69.0 Å². The normalized spacial score (nSPS) is 24.7. The molecule has 7 N–H and O–H groups in total. The summed E-state index contributed by atoms with van der Waals surface area (Å²) in [6, 6.07) is 6.51. The molecule has 0 radical (unpaired) electrons. The highest BCUT2D eigenvalue weighted by Crippen LogP contribution is 2.52. The average Bonchev–Trinajstić information content (AvgIpc) is 3.12. The van der Waals surface area contributed by atoms with Crippen molar-refractivity contribution in [2.75, 3.05) is 13.7 Å². The number of ether oxygens (including phenoxy) is 4. The van der Waals surface area contributed by atoms with E-state index >= 15 is 0 Å². The predicted octanol–water partition coefficient (Wildman–Crippen LogP) is 1.58. The fourth-order valence-electron chi connectivity index (χ4n) is 7.01. The number of methoxy groups -OCH3 is 1. The number of nitro groups is 1. The number of carbonyl (C=O) groups excluding carboxylic acids is 4. The zero-order valence-electron chi connectivity index (χ0n) is 28.1. The van der Waals surface area contributed by atoms with Crippen molar-refractivity contribution < 1.29 is 73.7 Å². The zero-order valence-corrected chi connectivity index (χ0v) is 28.1. The number of alkyl carbamates (subject to hydrolysis) is 1. The Labute approximate surface area is 299 Å². The summed E-state index contributed by atoms with van der Waals surface area (Å²) in [5.41, 5.74) is -4.77. The maximum Gasteiger partial charge on any atom is 0.407 e. The smallest absolute Gasteiger partial charge is 0.407 e. The van der Waals surface area contributed by atoms with Crippen molar-refractivity contribution in [3.63, 3.8) is 0 Å². The van der Waals surface area contributed by atoms with Gasteiger partial charge in [0.25, 0.3) is 0 Å². The third-order valence-electron chi connectivity index (χ3n) is 9.67. The van der Waals surface area contributed by atoms with Crippen LogP contribution in [0.3, 0.4) is 0 Å². The number of phenols is 3. The molecule has 18 heteroatoms. The number of benzene rings is 3. The van der Waals surface area contributed by atoms with E-state index in [-0.39, 0.29) is 40.0 Å². The van der Waals surface area contributed by atoms with E-state index in [0.29, 0.717) is 0 Å². The Kier molecular flexibility index (Phi) is 9.84. The Hall–Kier alpha value is -5.66. The van der Waals surface area contributed by atoms with Gasteiger partial charge in [-0.05, 0) is 24.6 Å². The highest BCUT2D eigenvalue weighted by Gasteiger charge is 2.50. The van der Waals surface area contributed by atoms with Gasteiger partial charge in [0.05, 0.1) is 47.0 Å². The molecule has 3 aromatic rings. The highest BCUT2D eigenvalue weighted by molar-refractivity contribution is 6.31. The van der Waals surface area contributed by atoms with E-state index in [2.05, 4.69) is 5.32 Å². The summed E-state index contributed by atoms with van der Waals surface area (Å²) < 4.78 is 22.4. The van der Waals surface area contributed by atoms with Crippen LogP contribution >= 0.6 is 0 Å². The van der Waals surface area contributed by atoms with Crippen molar-refractivity contribution in [3.05, 3.63) is 85.5 Å². The average molecular weight is 739 g/mol. The van der Waals surface area contributed by atoms with Gasteiger partial charge in [0.1, 0.15) is 42.2 Å². The van der Waals surface area contributed by atoms with Gasteiger partial charge in [0.2, 0.25) is 5.78 Å². The summed E-state index contributed by atoms with van der Waals surface area (Å²) in [7, 11) is 1.28. The molecule has 53 heavy (non-hydrogen) atoms. The minimum Gasteiger partial charge on any atom is -0.507 e. The summed E-state index contributed by atoms with van der Waals surface area (Å²) in [5, 5.41) is 78.5. The molecule has 1 aliphatic heterocycles. The van der Waals surface area contributed by atoms with E-state index in [1.165, 1.54) is 38.3 Å². The Morgan fingerprint density at radius 3 is 2.47 bits per heavy atom. The van der Waals surface area contributed by atoms with Crippen LogP contribution in [0, 0.1) is 10.1 Å². The fourth-order valence-corrected chi connectivity index (χ4v) is 7.01. The molecule has 1 amide bonds. The first-order valence-electron chi connectivity index (χ1n) is 16.2. The number of aromatic hydroxyl groups is 3. The number of hydrogen-bond acceptors (Lipinski definition) is 16. The monoisotopic (exact) mass is 738 g/mol. The number of nitro benzene ring substituents is 1. The number of Topliss-reactive ketones (excluding diaryl/α,β-unsaturated/α-hetero) is 1. The number of nitrogens with one attached hydrogen (secondary N) is 1. The third kappa shape index (κ3) is 6.51. The number of amides is 1. The lowest BCUT2D eigenvalue weighted by molar-refractivity contribution is -0.385. The Balaban J connectivity index is 1.30. The van der Waals surface area contributed by atoms with Gasteiger partial charge in [0, 0.05) is 42.0 Å². The van der Waals surface area contributed by atoms with Gasteiger partial charge in [-0.25, -0.2) is 4.79 Å². The quantitative estimate of drug-likeness (QED) is 0.0729. The summed E-state index contributed by atoms with van der Waals surface area (Å²) in [5.74, 6) is -4.89. The molecule has 3 aromatic carbocycles. The van der Waals surface area contributed by atoms with Gasteiger partial charge < -0.3 is 54.9 Å². The van der Waals surface area contributed by atoms with Crippen LogP contribution in [0.25, 0.3) is 0 Å². The van der Waals surface area contributed by atoms with E-state index < -0.39 is 125 Å². The molecular formula is C35H34N2O16. The highest BCUT2D eigenvalue weighted by atomic mass is 16.7. The molecule has 4 unspecified atom stereocenters. The molecule has 18 nitrogen and oxygen atoms in total. The second-order valence-corrected chi connectivity index (χ2v) is 12.9. The van der Waals surface area contributed by atoms with Crippen LogP contribution in [-0.2, 0) is 32.0 Å². The van der Waals surface area contributed by atoms with E-state index in [1.807, 2.05) is 0 Å². The largest absolute Gasteiger partial charge is 0.507 e. The summed E-state index contributed by atoms with van der Waals surface area (Å²) in [6.07, 6.45) is -7.87. The van der Waals surface area contributed by atoms with Crippen molar-refractivity contribution in [2.24, 2.45) is 0 Å². The van der Waals surface area contributed by atoms with Crippen molar-refractivity contribution in [1.29, 1.82) is 0 Å². The summed E-state index contributed by atoms with van der Waals surface area (Å²) in [6.45, 7) is -0.108. The number of ketones is 3. The molecule has 0 saturated carbocycles. The molecular weight excluding hydrogens is 704 g/mol. The van der Waals surface area contributed by atoms with Gasteiger partial charge in [-0.3, -0.25) is 24.5 Å². The molecule has 6 rings (SSSR count). The SMILES string of the molecule is COc1cccc2c1C(=O)c1c(O)c3c(c(O)c1C2=O)C[C@@](O)(C(=O)CO)C[C@@H]3OC1CC(NC(=O)OCc2ccc(O)c([N+](=O)[O-])c2)C(O)C(C)O1. The second-order valence-electron chi connectivity index (χ2n) is 12.9. The molecule has 1 fully saturated rings. The number of hydrogen-bond donors (Lipinski definition) is 7. The molecule has 6 atom stereocenters. The zero-order chi connectivity index (χ0) is 38.5. The van der Waals surface area contributed by atoms with E-state index in [4.69, 9.17) is 18.9 Å². The standard InChI is InChI=1S/C35H34N2O16/c1-14-29(41)18(36-34(46)51-13-15-6-7-20(39)19(8-15)37(48)49)9-24(52-14)53-22-11-35(47,23(40)12-38)10-17-26(22)33(45)28-27(31(17)43)30(42)16-4-3-5-21(50-2)25(16)32(28)44/h3-8,14,18,22,24,29,38-39,41,43,45,47H,9-13H2,1-2H3,(H,36,46)/t14?,18?,22-,24?,29?,35-/m0/s1. The molecule has 1 saturated heterocycles. The predicted molar refractivity (Wildman–Crippen MR) is 176 cm³/mol. The minimum atomic E-state index is -2.39. The fraction of sp³-hybridized carbons (Fsp3) is 0.371. The van der Waals surface area contributed by atoms with Crippen LogP contribution in [-0.4, -0.2) is 103 Å². The van der Waals surface area contributed by atoms with Crippen LogP contribution in [0.4, 0.5) is 10.5 Å². The van der Waals surface area contributed by atoms with Gasteiger partial charge >= 0.3 is 11.8 Å². The van der Waals surface area contributed by atoms with E-state index in [9.17, 15) is 59.9 Å². The van der Waals surface area contributed by atoms with Crippen molar-refractivity contribution in [1.82, 2.24) is 5.32 Å². The van der Waals surface area contributed by atoms with E-state index in [0.717, 1.165) is 12.1 Å². The Morgan fingerprint density at radius 1 is 1.08 bits per heavy atom. The number of phenolic OH excluding ortho intramolecular Hbond substituents is 3. The van der Waals surface area contributed by atoms with Gasteiger partial charge in [0.15, 0.2) is 23.6 Å². The first-order chi connectivity index (χ1) is 25.1. The Morgan fingerprint density at radius 2 is 1.79 bits per heavy atom. The number of aliphatic hydroxyl groups is 3. The van der Waals surface area contributed by atoms with Gasteiger partial charge in [-0.2, -0.15) is 0 Å². The van der Waals surface area contributed by atoms with Gasteiger partial charge in [-0.1, -0.05) is 18.2 Å². The maximum absolute atomic E-state index is 13.9. The number of aliphatic hydroxyl groups excluding tert-OH is 2. The minimum absolute atomic E-state index is 0.0310. The van der Waals surface area contributed by atoms with Crippen LogP contribution in [0.5, 0.6) is 23.0 Å². The lowest BCUT2D eigenvalue weighted by Gasteiger charge is -2.42. The van der Waals surface area contributed by atoms with E-state index in [1.54, 1.807) is 0 Å². The molecule has 2 aliphatic carbocycles. The summed E-state index contributed by atoms with van der Waals surface area (Å²) >= 11 is 0. The Bertz CT molecular complexity index is 2050. The molecule has 0 bridgehead atoms. The lowest BCUT2D eigenvalue weighted by atomic mass is 9.72. The first kappa shape index (κ1) is 37.1. The van der Waals surface area contributed by atoms with Crippen LogP contribution in [0.1, 0.15) is 74.4 Å². The number of nitrogens with zero attached hydrogens (tertiary/aromatic N) is 1. The number of carbonyl (C=O) groups is 4. The van der Waals surface area contributed by atoms with Crippen LogP contribution in [0.15, 0.2) is 36.4 Å². The molecule has 0 aromatic heterocycles. The first-order valence-corrected chi connectivity index (χ1v) is 16.2. The van der Waals surface area contributed by atoms with Crippen LogP contribution in [0.2, 0.25) is 0 Å². The maximum atomic E-state index is 13.9. The third-order valence-corrected chi connectivity index (χ3v) is 9.67. The second kappa shape index (κ2) is 14.1. The van der Waals surface area contributed by atoms with Crippen molar-refractivity contribution in [3.8, 4) is 23.0 Å². The molecule has 280 valence electrons. The summed E-state index contributed by atoms with van der Waals surface area (Å²) in [4.78, 5) is 63.5. The van der Waals surface area contributed by atoms with Crippen LogP contribution < -0.4 is 10.1 Å².